The number of allylic oxidation sites excluding steroid dienone is 2. The summed E-state index contributed by atoms with van der Waals surface area (Å²) in [5, 5.41) is 0.499. The topological polar surface area (TPSA) is 35.0 Å². The van der Waals surface area contributed by atoms with Crippen molar-refractivity contribution in [3.8, 4) is 5.88 Å². The number of aromatic nitrogens is 2. The zero-order valence-electron chi connectivity index (χ0n) is 10.9. The molecule has 1 aromatic rings. The van der Waals surface area contributed by atoms with Crippen molar-refractivity contribution in [3.63, 3.8) is 0 Å². The third kappa shape index (κ3) is 3.02. The molecule has 0 saturated carbocycles. The predicted molar refractivity (Wildman–Crippen MR) is 72.9 cm³/mol. The van der Waals surface area contributed by atoms with Crippen molar-refractivity contribution in [2.24, 2.45) is 11.8 Å². The number of halogens is 1. The van der Waals surface area contributed by atoms with Crippen LogP contribution < -0.4 is 4.74 Å². The van der Waals surface area contributed by atoms with Crippen molar-refractivity contribution < 1.29 is 4.74 Å². The molecule has 3 nitrogen and oxygen atoms in total. The Labute approximate surface area is 113 Å². The van der Waals surface area contributed by atoms with Gasteiger partial charge in [-0.2, -0.15) is 0 Å². The lowest BCUT2D eigenvalue weighted by atomic mass is 9.85. The van der Waals surface area contributed by atoms with Crippen molar-refractivity contribution in [3.05, 3.63) is 29.2 Å². The van der Waals surface area contributed by atoms with Gasteiger partial charge in [0.05, 0.1) is 12.2 Å². The highest BCUT2D eigenvalue weighted by Gasteiger charge is 2.20. The van der Waals surface area contributed by atoms with Crippen LogP contribution in [0.4, 0.5) is 0 Å². The first-order valence-corrected chi connectivity index (χ1v) is 6.87. The molecule has 0 saturated heterocycles. The standard InChI is InChI=1S/C14H19ClN2O/c1-3-12-13(15)16-9-17-14(12)18-8-11-7-5-4-6-10(11)2/h4-5,9-11H,3,6-8H2,1-2H3. The molecule has 0 aromatic carbocycles. The lowest BCUT2D eigenvalue weighted by molar-refractivity contribution is 0.191. The molecule has 1 aliphatic carbocycles. The van der Waals surface area contributed by atoms with Crippen LogP contribution in [0.5, 0.6) is 5.88 Å². The van der Waals surface area contributed by atoms with Gasteiger partial charge in [0, 0.05) is 0 Å². The van der Waals surface area contributed by atoms with Crippen LogP contribution in [0.2, 0.25) is 5.15 Å². The maximum Gasteiger partial charge on any atom is 0.221 e. The van der Waals surface area contributed by atoms with Crippen LogP contribution in [0, 0.1) is 11.8 Å². The van der Waals surface area contributed by atoms with Gasteiger partial charge in [-0.15, -0.1) is 0 Å². The fraction of sp³-hybridized carbons (Fsp3) is 0.571. The van der Waals surface area contributed by atoms with Gasteiger partial charge in [-0.25, -0.2) is 9.97 Å². The second-order valence-electron chi connectivity index (χ2n) is 4.79. The molecule has 1 aromatic heterocycles. The first-order chi connectivity index (χ1) is 8.72. The highest BCUT2D eigenvalue weighted by atomic mass is 35.5. The first-order valence-electron chi connectivity index (χ1n) is 6.49. The highest BCUT2D eigenvalue weighted by molar-refractivity contribution is 6.30. The molecule has 18 heavy (non-hydrogen) atoms. The average molecular weight is 267 g/mol. The molecule has 0 spiro atoms. The summed E-state index contributed by atoms with van der Waals surface area (Å²) in [6, 6.07) is 0. The van der Waals surface area contributed by atoms with E-state index >= 15 is 0 Å². The van der Waals surface area contributed by atoms with Crippen LogP contribution >= 0.6 is 11.6 Å². The summed E-state index contributed by atoms with van der Waals surface area (Å²) in [5.74, 6) is 1.87. The van der Waals surface area contributed by atoms with E-state index in [0.29, 0.717) is 29.5 Å². The van der Waals surface area contributed by atoms with E-state index in [1.165, 1.54) is 6.33 Å². The fourth-order valence-corrected chi connectivity index (χ4v) is 2.48. The van der Waals surface area contributed by atoms with Crippen molar-refractivity contribution >= 4 is 11.6 Å². The minimum Gasteiger partial charge on any atom is -0.477 e. The van der Waals surface area contributed by atoms with Gasteiger partial charge in [0.2, 0.25) is 5.88 Å². The summed E-state index contributed by atoms with van der Waals surface area (Å²) in [6.45, 7) is 5.00. The van der Waals surface area contributed by atoms with Gasteiger partial charge in [-0.3, -0.25) is 0 Å². The van der Waals surface area contributed by atoms with Crippen molar-refractivity contribution in [2.45, 2.75) is 33.1 Å². The van der Waals surface area contributed by atoms with E-state index in [2.05, 4.69) is 29.0 Å². The van der Waals surface area contributed by atoms with Gasteiger partial charge in [0.1, 0.15) is 11.5 Å². The van der Waals surface area contributed by atoms with Crippen molar-refractivity contribution in [1.82, 2.24) is 9.97 Å². The van der Waals surface area contributed by atoms with Crippen molar-refractivity contribution in [2.75, 3.05) is 6.61 Å². The summed E-state index contributed by atoms with van der Waals surface area (Å²) in [4.78, 5) is 8.17. The molecule has 0 N–H and O–H groups in total. The maximum absolute atomic E-state index is 6.04. The zero-order chi connectivity index (χ0) is 13.0. The van der Waals surface area contributed by atoms with E-state index in [0.717, 1.165) is 24.8 Å². The van der Waals surface area contributed by atoms with E-state index < -0.39 is 0 Å². The van der Waals surface area contributed by atoms with Crippen LogP contribution in [0.15, 0.2) is 18.5 Å². The Balaban J connectivity index is 2.02. The minimum absolute atomic E-state index is 0.499. The first kappa shape index (κ1) is 13.3. The Morgan fingerprint density at radius 1 is 1.33 bits per heavy atom. The second-order valence-corrected chi connectivity index (χ2v) is 5.15. The van der Waals surface area contributed by atoms with E-state index in [1.54, 1.807) is 0 Å². The smallest absolute Gasteiger partial charge is 0.221 e. The molecule has 4 heteroatoms. The third-order valence-electron chi connectivity index (χ3n) is 3.56. The number of ether oxygens (including phenoxy) is 1. The van der Waals surface area contributed by atoms with E-state index in [4.69, 9.17) is 16.3 Å². The zero-order valence-corrected chi connectivity index (χ0v) is 11.7. The molecule has 2 atom stereocenters. The van der Waals surface area contributed by atoms with Crippen LogP contribution in [0.1, 0.15) is 32.3 Å². The molecular formula is C14H19ClN2O. The molecule has 2 unspecified atom stereocenters. The minimum atomic E-state index is 0.499. The Morgan fingerprint density at radius 3 is 2.83 bits per heavy atom. The van der Waals surface area contributed by atoms with Crippen LogP contribution in [-0.2, 0) is 6.42 Å². The second kappa shape index (κ2) is 6.19. The number of rotatable bonds is 4. The molecule has 0 aliphatic heterocycles. The lowest BCUT2D eigenvalue weighted by Crippen LogP contribution is -2.21. The van der Waals surface area contributed by atoms with Crippen molar-refractivity contribution in [1.29, 1.82) is 0 Å². The summed E-state index contributed by atoms with van der Waals surface area (Å²) in [5.41, 5.74) is 0.901. The maximum atomic E-state index is 6.04. The molecule has 98 valence electrons. The molecule has 1 aliphatic rings. The highest BCUT2D eigenvalue weighted by Crippen LogP contribution is 2.27. The van der Waals surface area contributed by atoms with E-state index in [9.17, 15) is 0 Å². The quantitative estimate of drug-likeness (QED) is 0.616. The number of hydrogen-bond donors (Lipinski definition) is 0. The van der Waals surface area contributed by atoms with Gasteiger partial charge < -0.3 is 4.74 Å². The Hall–Kier alpha value is -1.09. The molecular weight excluding hydrogens is 248 g/mol. The number of hydrogen-bond acceptors (Lipinski definition) is 3. The van der Waals surface area contributed by atoms with Gasteiger partial charge in [-0.05, 0) is 31.1 Å². The molecule has 2 rings (SSSR count). The molecule has 0 amide bonds. The van der Waals surface area contributed by atoms with Crippen LogP contribution in [0.25, 0.3) is 0 Å². The van der Waals surface area contributed by atoms with Crippen LogP contribution in [0.3, 0.4) is 0 Å². The van der Waals surface area contributed by atoms with E-state index in [-0.39, 0.29) is 0 Å². The van der Waals surface area contributed by atoms with Gasteiger partial charge in [-0.1, -0.05) is 37.6 Å². The van der Waals surface area contributed by atoms with Gasteiger partial charge >= 0.3 is 0 Å². The molecule has 0 radical (unpaired) electrons. The van der Waals surface area contributed by atoms with Gasteiger partial charge in [0.15, 0.2) is 0 Å². The number of nitrogens with zero attached hydrogens (tertiary/aromatic N) is 2. The summed E-state index contributed by atoms with van der Waals surface area (Å²) in [7, 11) is 0. The molecule has 0 fully saturated rings. The summed E-state index contributed by atoms with van der Waals surface area (Å²) >= 11 is 6.04. The van der Waals surface area contributed by atoms with Gasteiger partial charge in [0.25, 0.3) is 0 Å². The lowest BCUT2D eigenvalue weighted by Gasteiger charge is -2.25. The molecule has 0 bridgehead atoms. The SMILES string of the molecule is CCc1c(Cl)ncnc1OCC1CC=CCC1C. The average Bonchev–Trinajstić information content (AvgIpc) is 2.38. The Morgan fingerprint density at radius 2 is 2.11 bits per heavy atom. The predicted octanol–water partition coefficient (Wildman–Crippen LogP) is 3.67. The molecule has 1 heterocycles. The van der Waals surface area contributed by atoms with E-state index in [1.807, 2.05) is 6.92 Å². The fourth-order valence-electron chi connectivity index (χ4n) is 2.22. The normalized spacial score (nSPS) is 23.1. The monoisotopic (exact) mass is 266 g/mol. The summed E-state index contributed by atoms with van der Waals surface area (Å²) < 4.78 is 5.85. The Kier molecular flexibility index (Phi) is 4.59. The third-order valence-corrected chi connectivity index (χ3v) is 3.88. The Bertz CT molecular complexity index is 434. The largest absolute Gasteiger partial charge is 0.477 e. The van der Waals surface area contributed by atoms with Crippen LogP contribution in [-0.4, -0.2) is 16.6 Å². The summed E-state index contributed by atoms with van der Waals surface area (Å²) in [6.07, 6.45) is 8.96.